The second kappa shape index (κ2) is 16.2. The molecule has 306 valence electrons. The van der Waals surface area contributed by atoms with Crippen molar-refractivity contribution in [2.24, 2.45) is 0 Å². The maximum Gasteiger partial charge on any atom is 0.160 e. The van der Waals surface area contributed by atoms with E-state index in [4.69, 9.17) is 15.0 Å². The van der Waals surface area contributed by atoms with Crippen LogP contribution < -0.4 is 0 Å². The predicted octanol–water partition coefficient (Wildman–Crippen LogP) is 14.2. The molecule has 0 fully saturated rings. The molecule has 0 atom stereocenters. The second-order valence-electron chi connectivity index (χ2n) is 16.9. The summed E-state index contributed by atoms with van der Waals surface area (Å²) < 4.78 is 0. The van der Waals surface area contributed by atoms with E-state index >= 15 is 0 Å². The molecule has 0 N–H and O–H groups in total. The van der Waals surface area contributed by atoms with Crippen LogP contribution in [0.5, 0.6) is 0 Å². The summed E-state index contributed by atoms with van der Waals surface area (Å²) in [6.45, 7) is 4.54. The van der Waals surface area contributed by atoms with Crippen LogP contribution in [-0.4, -0.2) is 24.9 Å². The fourth-order valence-electron chi connectivity index (χ4n) is 9.06. The molecule has 0 radical (unpaired) electrons. The summed E-state index contributed by atoms with van der Waals surface area (Å²) in [5.41, 5.74) is 19.5. The third-order valence-electron chi connectivity index (χ3n) is 12.5. The molecule has 4 heterocycles. The van der Waals surface area contributed by atoms with Gasteiger partial charge in [0.05, 0.1) is 34.4 Å². The van der Waals surface area contributed by atoms with Crippen LogP contribution in [-0.2, 0) is 5.41 Å². The molecule has 6 heteroatoms. The lowest BCUT2D eigenvalue weighted by molar-refractivity contribution is 0.660. The van der Waals surface area contributed by atoms with Gasteiger partial charge in [-0.25, -0.2) is 15.0 Å². The minimum Gasteiger partial charge on any atom is -0.264 e. The molecule has 1 aliphatic rings. The number of hydrogen-bond donors (Lipinski definition) is 0. The Labute approximate surface area is 378 Å². The molecule has 0 saturated carbocycles. The molecule has 6 nitrogen and oxygen atoms in total. The molecule has 0 bridgehead atoms. The number of benzene rings is 6. The Bertz CT molecular complexity index is 3380. The van der Waals surface area contributed by atoms with Gasteiger partial charge in [-0.3, -0.25) is 9.97 Å². The molecular weight excluding hydrogens is 793 g/mol. The Balaban J connectivity index is 1.13. The first-order valence-electron chi connectivity index (χ1n) is 21.7. The third kappa shape index (κ3) is 7.45. The third-order valence-corrected chi connectivity index (χ3v) is 12.5. The van der Waals surface area contributed by atoms with Gasteiger partial charge in [-0.1, -0.05) is 117 Å². The van der Waals surface area contributed by atoms with Crippen LogP contribution in [0.4, 0.5) is 0 Å². The van der Waals surface area contributed by atoms with Crippen LogP contribution in [0.2, 0.25) is 0 Å². The molecule has 4 aromatic heterocycles. The van der Waals surface area contributed by atoms with Crippen molar-refractivity contribution in [1.29, 1.82) is 5.26 Å². The zero-order valence-electron chi connectivity index (χ0n) is 35.8. The Hall–Kier alpha value is -8.66. The number of fused-ring (bicyclic) bond motifs is 3. The summed E-state index contributed by atoms with van der Waals surface area (Å²) in [6.07, 6.45) is 7.26. The summed E-state index contributed by atoms with van der Waals surface area (Å²) in [5.74, 6) is 0.646. The average Bonchev–Trinajstić information content (AvgIpc) is 3.61. The van der Waals surface area contributed by atoms with Gasteiger partial charge in [-0.2, -0.15) is 5.26 Å². The fourth-order valence-corrected chi connectivity index (χ4v) is 9.06. The van der Waals surface area contributed by atoms with Gasteiger partial charge >= 0.3 is 0 Å². The minimum atomic E-state index is -0.264. The highest BCUT2D eigenvalue weighted by Gasteiger charge is 2.36. The zero-order chi connectivity index (χ0) is 43.9. The topological polar surface area (TPSA) is 88.2 Å². The molecule has 6 aromatic carbocycles. The van der Waals surface area contributed by atoms with Crippen LogP contribution in [0.25, 0.3) is 101 Å². The van der Waals surface area contributed by atoms with Crippen molar-refractivity contribution in [3.05, 3.63) is 223 Å². The molecule has 0 unspecified atom stereocenters. The van der Waals surface area contributed by atoms with Crippen molar-refractivity contribution in [3.8, 4) is 107 Å². The quantitative estimate of drug-likeness (QED) is 0.151. The Kier molecular flexibility index (Phi) is 9.79. The maximum atomic E-state index is 9.79. The Morgan fingerprint density at radius 1 is 0.369 bits per heavy atom. The first-order chi connectivity index (χ1) is 31.9. The van der Waals surface area contributed by atoms with E-state index in [1.165, 1.54) is 11.1 Å². The lowest BCUT2D eigenvalue weighted by atomic mass is 9.81. The van der Waals surface area contributed by atoms with E-state index in [-0.39, 0.29) is 5.41 Å². The van der Waals surface area contributed by atoms with Crippen molar-refractivity contribution in [2.75, 3.05) is 0 Å². The van der Waals surface area contributed by atoms with Gasteiger partial charge in [0.1, 0.15) is 0 Å². The van der Waals surface area contributed by atoms with Gasteiger partial charge < -0.3 is 0 Å². The highest BCUT2D eigenvalue weighted by molar-refractivity contribution is 5.88. The first kappa shape index (κ1) is 39.2. The standard InChI is InChI=1S/C59H40N6/c1-59(2)52-24-17-38(35-60)27-51(52)50-23-22-43(31-53(50)59)46-28-47(48-32-54(44-15-9-25-61-36-44)63-55(33-48)45-16-10-26-62-37-45)30-49(29-46)57-34-56(64-58(65-57)42-13-7-4-8-14-42)41-20-18-40(19-21-41)39-11-5-3-6-12-39/h3-34,36-37H,1-2H3. The van der Waals surface area contributed by atoms with Crippen molar-refractivity contribution < 1.29 is 0 Å². The van der Waals surface area contributed by atoms with Crippen LogP contribution in [0.1, 0.15) is 30.5 Å². The van der Waals surface area contributed by atoms with Crippen LogP contribution in [0, 0.1) is 11.3 Å². The van der Waals surface area contributed by atoms with Gasteiger partial charge in [0.25, 0.3) is 0 Å². The summed E-state index contributed by atoms with van der Waals surface area (Å²) in [6, 6.07) is 65.5. The number of pyridine rings is 3. The van der Waals surface area contributed by atoms with Crippen molar-refractivity contribution >= 4 is 0 Å². The van der Waals surface area contributed by atoms with Gasteiger partial charge in [-0.15, -0.1) is 0 Å². The van der Waals surface area contributed by atoms with Crippen LogP contribution in [0.15, 0.2) is 207 Å². The van der Waals surface area contributed by atoms with E-state index in [1.54, 1.807) is 12.4 Å². The molecule has 10 aromatic rings. The first-order valence-corrected chi connectivity index (χ1v) is 21.7. The lowest BCUT2D eigenvalue weighted by Gasteiger charge is -2.22. The number of hydrogen-bond acceptors (Lipinski definition) is 6. The van der Waals surface area contributed by atoms with E-state index in [9.17, 15) is 5.26 Å². The summed E-state index contributed by atoms with van der Waals surface area (Å²) in [4.78, 5) is 24.5. The highest BCUT2D eigenvalue weighted by Crippen LogP contribution is 2.50. The van der Waals surface area contributed by atoms with Gasteiger partial charge in [0.2, 0.25) is 0 Å². The van der Waals surface area contributed by atoms with Crippen LogP contribution >= 0.6 is 0 Å². The van der Waals surface area contributed by atoms with Gasteiger partial charge in [-0.05, 0) is 134 Å². The molecule has 0 aliphatic heterocycles. The summed E-state index contributed by atoms with van der Waals surface area (Å²) in [7, 11) is 0. The smallest absolute Gasteiger partial charge is 0.160 e. The average molecular weight is 833 g/mol. The molecule has 65 heavy (non-hydrogen) atoms. The second-order valence-corrected chi connectivity index (χ2v) is 16.9. The maximum absolute atomic E-state index is 9.79. The van der Waals surface area contributed by atoms with E-state index in [0.717, 1.165) is 95.1 Å². The van der Waals surface area contributed by atoms with Gasteiger partial charge in [0, 0.05) is 58.0 Å². The predicted molar refractivity (Wildman–Crippen MR) is 261 cm³/mol. The van der Waals surface area contributed by atoms with Crippen molar-refractivity contribution in [1.82, 2.24) is 24.9 Å². The van der Waals surface area contributed by atoms with Gasteiger partial charge in [0.15, 0.2) is 5.82 Å². The number of rotatable bonds is 8. The van der Waals surface area contributed by atoms with E-state index in [1.807, 2.05) is 73.1 Å². The fraction of sp³-hybridized carbons (Fsp3) is 0.0508. The van der Waals surface area contributed by atoms with E-state index in [2.05, 4.69) is 151 Å². The minimum absolute atomic E-state index is 0.264. The molecule has 0 amide bonds. The number of nitrogens with zero attached hydrogens (tertiary/aromatic N) is 6. The SMILES string of the molecule is CC1(C)c2ccc(C#N)cc2-c2ccc(-c3cc(-c4cc(-c5cccnc5)nc(-c5cccnc5)c4)cc(-c4cc(-c5ccc(-c6ccccc6)cc5)nc(-c5ccccc5)n4)c3)cc21. The number of aromatic nitrogens is 5. The Morgan fingerprint density at radius 3 is 1.52 bits per heavy atom. The zero-order valence-corrected chi connectivity index (χ0v) is 35.8. The molecule has 0 spiro atoms. The highest BCUT2D eigenvalue weighted by atomic mass is 14.9. The lowest BCUT2D eigenvalue weighted by Crippen LogP contribution is -2.15. The number of nitriles is 1. The summed E-state index contributed by atoms with van der Waals surface area (Å²) >= 11 is 0. The summed E-state index contributed by atoms with van der Waals surface area (Å²) in [5, 5.41) is 9.79. The molecular formula is C59H40N6. The molecule has 1 aliphatic carbocycles. The van der Waals surface area contributed by atoms with Crippen molar-refractivity contribution in [2.45, 2.75) is 19.3 Å². The van der Waals surface area contributed by atoms with Crippen LogP contribution in [0.3, 0.4) is 0 Å². The molecule has 0 saturated heterocycles. The Morgan fingerprint density at radius 2 is 0.892 bits per heavy atom. The normalized spacial score (nSPS) is 12.3. The molecule has 11 rings (SSSR count). The van der Waals surface area contributed by atoms with Crippen molar-refractivity contribution in [3.63, 3.8) is 0 Å². The van der Waals surface area contributed by atoms with E-state index < -0.39 is 0 Å². The van der Waals surface area contributed by atoms with E-state index in [0.29, 0.717) is 11.4 Å². The largest absolute Gasteiger partial charge is 0.264 e. The monoisotopic (exact) mass is 832 g/mol.